The van der Waals surface area contributed by atoms with Crippen LogP contribution in [-0.4, -0.2) is 35.6 Å². The third-order valence-corrected chi connectivity index (χ3v) is 12.7. The molecule has 7 heteroatoms. The molecule has 2 bridgehead atoms. The number of hydrogen-bond acceptors (Lipinski definition) is 5. The van der Waals surface area contributed by atoms with Crippen LogP contribution in [0.3, 0.4) is 0 Å². The van der Waals surface area contributed by atoms with Gasteiger partial charge in [0, 0.05) is 30.3 Å². The molecule has 5 saturated carbocycles. The van der Waals surface area contributed by atoms with Crippen molar-refractivity contribution in [3.8, 4) is 16.2 Å². The maximum Gasteiger partial charge on any atom is 0.306 e. The number of methoxy groups -OCH3 is 1. The fourth-order valence-corrected chi connectivity index (χ4v) is 9.43. The molecule has 0 spiro atoms. The maximum atomic E-state index is 14.4. The average Bonchev–Trinajstić information content (AvgIpc) is 3.80. The summed E-state index contributed by atoms with van der Waals surface area (Å²) >= 11 is 1.78. The summed E-state index contributed by atoms with van der Waals surface area (Å²) in [5.41, 5.74) is 5.05. The number of carbonyl (C=O) groups is 2. The lowest BCUT2D eigenvalue weighted by molar-refractivity contribution is -0.144. The number of ether oxygens (including phenoxy) is 1. The zero-order valence-electron chi connectivity index (χ0n) is 26.0. The van der Waals surface area contributed by atoms with E-state index in [9.17, 15) is 14.7 Å². The Morgan fingerprint density at radius 2 is 1.66 bits per heavy atom. The van der Waals surface area contributed by atoms with E-state index in [-0.39, 0.29) is 28.6 Å². The van der Waals surface area contributed by atoms with E-state index in [1.807, 2.05) is 6.20 Å². The number of fused-ring (bicyclic) bond motifs is 3. The van der Waals surface area contributed by atoms with Crippen LogP contribution in [0.15, 0.2) is 48.7 Å². The first-order valence-corrected chi connectivity index (χ1v) is 17.4. The Balaban J connectivity index is 1.14. The van der Waals surface area contributed by atoms with Gasteiger partial charge in [-0.1, -0.05) is 24.3 Å². The van der Waals surface area contributed by atoms with E-state index in [0.717, 1.165) is 66.9 Å². The van der Waals surface area contributed by atoms with Gasteiger partial charge in [-0.15, -0.1) is 11.3 Å². The standard InChI is InChI=1S/C37H44N2O4S/c1-24-20-29(12-13-31(24)43-2)37-17-14-36(15-18-37,16-19-37)23-39(34(40)26-8-10-27(11-9-26)35(41)42)30-5-3-4-28(21-30)32-22-38-33(44-32)25-6-7-25/h3-5,12-13,20-22,25-27H,6-11,14-19,23H2,1-2H3,(H,41,42)/t26-,27-,36?,37?. The molecule has 2 aromatic carbocycles. The number of aryl methyl sites for hydroxylation is 1. The van der Waals surface area contributed by atoms with E-state index in [1.54, 1.807) is 18.4 Å². The van der Waals surface area contributed by atoms with E-state index in [0.29, 0.717) is 31.6 Å². The van der Waals surface area contributed by atoms with Gasteiger partial charge in [-0.25, -0.2) is 4.98 Å². The quantitative estimate of drug-likeness (QED) is 0.262. The van der Waals surface area contributed by atoms with Gasteiger partial charge in [0.15, 0.2) is 0 Å². The van der Waals surface area contributed by atoms with Gasteiger partial charge in [-0.3, -0.25) is 9.59 Å². The number of carbonyl (C=O) groups excluding carboxylic acids is 1. The van der Waals surface area contributed by atoms with Crippen molar-refractivity contribution >= 4 is 28.9 Å². The highest BCUT2D eigenvalue weighted by atomic mass is 32.1. The third kappa shape index (κ3) is 5.57. The zero-order chi connectivity index (χ0) is 30.5. The van der Waals surface area contributed by atoms with Crippen LogP contribution in [0.2, 0.25) is 0 Å². The molecule has 232 valence electrons. The molecule has 6 nitrogen and oxygen atoms in total. The lowest BCUT2D eigenvalue weighted by Gasteiger charge is -2.55. The fourth-order valence-electron chi connectivity index (χ4n) is 8.35. The monoisotopic (exact) mass is 612 g/mol. The first-order chi connectivity index (χ1) is 21.3. The van der Waals surface area contributed by atoms with Crippen LogP contribution in [0.25, 0.3) is 10.4 Å². The summed E-state index contributed by atoms with van der Waals surface area (Å²) in [7, 11) is 1.74. The summed E-state index contributed by atoms with van der Waals surface area (Å²) in [6.07, 6.45) is 13.7. The summed E-state index contributed by atoms with van der Waals surface area (Å²) < 4.78 is 5.54. The van der Waals surface area contributed by atoms with Crippen molar-refractivity contribution < 1.29 is 19.4 Å². The Kier molecular flexibility index (Phi) is 7.80. The van der Waals surface area contributed by atoms with Gasteiger partial charge in [-0.2, -0.15) is 0 Å². The van der Waals surface area contributed by atoms with Crippen molar-refractivity contribution in [3.63, 3.8) is 0 Å². The molecule has 5 aliphatic carbocycles. The van der Waals surface area contributed by atoms with E-state index in [1.165, 1.54) is 29.0 Å². The minimum atomic E-state index is -0.727. The Morgan fingerprint density at radius 1 is 0.955 bits per heavy atom. The second-order valence-electron chi connectivity index (χ2n) is 14.2. The molecule has 1 N–H and O–H groups in total. The molecule has 1 aromatic heterocycles. The number of thiazole rings is 1. The summed E-state index contributed by atoms with van der Waals surface area (Å²) in [6, 6.07) is 15.2. The van der Waals surface area contributed by atoms with Crippen LogP contribution in [0.5, 0.6) is 5.75 Å². The van der Waals surface area contributed by atoms with Crippen molar-refractivity contribution in [1.82, 2.24) is 4.98 Å². The van der Waals surface area contributed by atoms with Crippen molar-refractivity contribution in [2.24, 2.45) is 17.3 Å². The molecule has 1 heterocycles. The van der Waals surface area contributed by atoms with E-state index in [4.69, 9.17) is 9.72 Å². The van der Waals surface area contributed by atoms with E-state index >= 15 is 0 Å². The molecule has 0 atom stereocenters. The molecule has 1 amide bonds. The SMILES string of the molecule is COc1ccc(C23CCC(CN(c4cccc(-c5cnc(C6CC6)s5)c4)C(=O)[C@H]4CC[C@H](C(=O)O)CC4)(CC2)CC3)cc1C. The van der Waals surface area contributed by atoms with E-state index < -0.39 is 5.97 Å². The van der Waals surface area contributed by atoms with Crippen LogP contribution in [0.4, 0.5) is 5.69 Å². The summed E-state index contributed by atoms with van der Waals surface area (Å²) in [5.74, 6) is 0.575. The van der Waals surface area contributed by atoms with Crippen LogP contribution < -0.4 is 9.64 Å². The molecule has 5 fully saturated rings. The molecule has 8 rings (SSSR count). The predicted molar refractivity (Wildman–Crippen MR) is 175 cm³/mol. The minimum Gasteiger partial charge on any atom is -0.496 e. The lowest BCUT2D eigenvalue weighted by Crippen LogP contribution is -2.51. The number of aliphatic carboxylic acids is 1. The molecule has 0 aliphatic heterocycles. The van der Waals surface area contributed by atoms with Crippen LogP contribution in [-0.2, 0) is 15.0 Å². The highest BCUT2D eigenvalue weighted by Crippen LogP contribution is 2.58. The number of aromatic nitrogens is 1. The molecule has 5 aliphatic rings. The first-order valence-electron chi connectivity index (χ1n) is 16.5. The zero-order valence-corrected chi connectivity index (χ0v) is 26.8. The normalized spacial score (nSPS) is 28.0. The fraction of sp³-hybridized carbons (Fsp3) is 0.541. The van der Waals surface area contributed by atoms with Crippen molar-refractivity contribution in [3.05, 3.63) is 64.8 Å². The van der Waals surface area contributed by atoms with Crippen molar-refractivity contribution in [1.29, 1.82) is 0 Å². The highest BCUT2D eigenvalue weighted by Gasteiger charge is 2.50. The van der Waals surface area contributed by atoms with Crippen LogP contribution in [0, 0.1) is 24.2 Å². The minimum absolute atomic E-state index is 0.108. The van der Waals surface area contributed by atoms with Gasteiger partial charge < -0.3 is 14.7 Å². The second kappa shape index (κ2) is 11.6. The van der Waals surface area contributed by atoms with Gasteiger partial charge in [-0.05, 0) is 130 Å². The summed E-state index contributed by atoms with van der Waals surface area (Å²) in [4.78, 5) is 34.0. The number of anilines is 1. The molecular formula is C37H44N2O4S. The number of carboxylic acids is 1. The van der Waals surface area contributed by atoms with Gasteiger partial charge >= 0.3 is 5.97 Å². The molecule has 0 radical (unpaired) electrons. The molecule has 0 saturated heterocycles. The number of carboxylic acid groups (broad SMARTS) is 1. The summed E-state index contributed by atoms with van der Waals surface area (Å²) in [5, 5.41) is 10.8. The third-order valence-electron chi connectivity index (χ3n) is 11.5. The average molecular weight is 613 g/mol. The predicted octanol–water partition coefficient (Wildman–Crippen LogP) is 8.52. The topological polar surface area (TPSA) is 79.7 Å². The number of nitrogens with zero attached hydrogens (tertiary/aromatic N) is 2. The van der Waals surface area contributed by atoms with E-state index in [2.05, 4.69) is 54.3 Å². The number of amides is 1. The molecular weight excluding hydrogens is 568 g/mol. The molecule has 3 aromatic rings. The van der Waals surface area contributed by atoms with Crippen molar-refractivity contribution in [2.45, 2.75) is 95.3 Å². The number of benzene rings is 2. The lowest BCUT2D eigenvalue weighted by atomic mass is 9.51. The van der Waals surface area contributed by atoms with Gasteiger partial charge in [0.05, 0.1) is 22.9 Å². The van der Waals surface area contributed by atoms with Gasteiger partial charge in [0.1, 0.15) is 5.75 Å². The van der Waals surface area contributed by atoms with Crippen LogP contribution >= 0.6 is 11.3 Å². The Bertz CT molecular complexity index is 1530. The number of rotatable bonds is 9. The Morgan fingerprint density at radius 3 is 2.30 bits per heavy atom. The molecule has 44 heavy (non-hydrogen) atoms. The Hall–Kier alpha value is -3.19. The Labute approximate surface area is 264 Å². The first kappa shape index (κ1) is 29.5. The molecule has 0 unspecified atom stereocenters. The highest BCUT2D eigenvalue weighted by molar-refractivity contribution is 7.15. The van der Waals surface area contributed by atoms with Crippen molar-refractivity contribution in [2.75, 3.05) is 18.6 Å². The maximum absolute atomic E-state index is 14.4. The van der Waals surface area contributed by atoms with Gasteiger partial charge in [0.25, 0.3) is 0 Å². The smallest absolute Gasteiger partial charge is 0.306 e. The second-order valence-corrected chi connectivity index (χ2v) is 15.2. The van der Waals surface area contributed by atoms with Gasteiger partial charge in [0.2, 0.25) is 5.91 Å². The largest absolute Gasteiger partial charge is 0.496 e. The number of hydrogen-bond donors (Lipinski definition) is 1. The summed E-state index contributed by atoms with van der Waals surface area (Å²) in [6.45, 7) is 2.87. The van der Waals surface area contributed by atoms with Crippen LogP contribution in [0.1, 0.15) is 99.1 Å².